The van der Waals surface area contributed by atoms with Crippen molar-refractivity contribution in [1.82, 2.24) is 0 Å². The van der Waals surface area contributed by atoms with Crippen LogP contribution in [0.2, 0.25) is 5.02 Å². The van der Waals surface area contributed by atoms with Gasteiger partial charge in [-0.05, 0) is 24.5 Å². The molecule has 1 aliphatic carbocycles. The van der Waals surface area contributed by atoms with Crippen LogP contribution in [0.15, 0.2) is 18.2 Å². The fourth-order valence-electron chi connectivity index (χ4n) is 1.44. The predicted molar refractivity (Wildman–Crippen MR) is 47.9 cm³/mol. The molecule has 13 heavy (non-hydrogen) atoms. The summed E-state index contributed by atoms with van der Waals surface area (Å²) < 4.78 is 13.0. The Balaban J connectivity index is 2.54. The maximum atomic E-state index is 13.0. The van der Waals surface area contributed by atoms with E-state index in [0.717, 1.165) is 12.8 Å². The molecule has 0 aromatic heterocycles. The molecule has 0 amide bonds. The summed E-state index contributed by atoms with van der Waals surface area (Å²) in [5, 5.41) is 8.99. The van der Waals surface area contributed by atoms with E-state index in [1.807, 2.05) is 0 Å². The third-order valence-corrected chi connectivity index (χ3v) is 2.82. The second kappa shape index (κ2) is 2.71. The molecular formula is C10H7ClFN. The van der Waals surface area contributed by atoms with Crippen molar-refractivity contribution in [3.05, 3.63) is 34.6 Å². The fourth-order valence-corrected chi connectivity index (χ4v) is 1.75. The van der Waals surface area contributed by atoms with E-state index >= 15 is 0 Å². The summed E-state index contributed by atoms with van der Waals surface area (Å²) in [6, 6.07) is 6.81. The smallest absolute Gasteiger partial charge is 0.142 e. The molecule has 1 nitrogen and oxygen atoms in total. The Kier molecular flexibility index (Phi) is 1.78. The van der Waals surface area contributed by atoms with Crippen LogP contribution in [-0.4, -0.2) is 0 Å². The van der Waals surface area contributed by atoms with Crippen LogP contribution in [0.25, 0.3) is 0 Å². The molecule has 0 N–H and O–H groups in total. The van der Waals surface area contributed by atoms with E-state index in [1.165, 1.54) is 6.07 Å². The normalized spacial score (nSPS) is 17.9. The van der Waals surface area contributed by atoms with Gasteiger partial charge >= 0.3 is 0 Å². The average Bonchev–Trinajstić information content (AvgIpc) is 2.90. The topological polar surface area (TPSA) is 23.8 Å². The van der Waals surface area contributed by atoms with E-state index in [1.54, 1.807) is 12.1 Å². The highest BCUT2D eigenvalue weighted by Crippen LogP contribution is 2.50. The highest BCUT2D eigenvalue weighted by atomic mass is 35.5. The predicted octanol–water partition coefficient (Wildman–Crippen LogP) is 3.03. The third-order valence-electron chi connectivity index (χ3n) is 2.43. The van der Waals surface area contributed by atoms with Crippen molar-refractivity contribution in [1.29, 1.82) is 5.26 Å². The molecule has 1 aliphatic rings. The molecule has 66 valence electrons. The van der Waals surface area contributed by atoms with E-state index in [2.05, 4.69) is 6.07 Å². The minimum Gasteiger partial charge on any atom is -0.205 e. The Bertz CT molecular complexity index is 390. The van der Waals surface area contributed by atoms with Crippen LogP contribution in [0, 0.1) is 17.1 Å². The number of nitriles is 1. The van der Waals surface area contributed by atoms with Crippen LogP contribution in [0.1, 0.15) is 18.4 Å². The maximum Gasteiger partial charge on any atom is 0.142 e. The first-order chi connectivity index (χ1) is 6.19. The molecule has 0 atom stereocenters. The van der Waals surface area contributed by atoms with Gasteiger partial charge in [0.2, 0.25) is 0 Å². The lowest BCUT2D eigenvalue weighted by Gasteiger charge is -2.08. The number of rotatable bonds is 1. The Labute approximate surface area is 80.7 Å². The molecule has 0 unspecified atom stereocenters. The lowest BCUT2D eigenvalue weighted by Crippen LogP contribution is -2.04. The van der Waals surface area contributed by atoms with Crippen LogP contribution in [0.4, 0.5) is 4.39 Å². The van der Waals surface area contributed by atoms with Crippen molar-refractivity contribution in [2.75, 3.05) is 0 Å². The SMILES string of the molecule is N#CC1(c2cccc(F)c2Cl)CC1. The van der Waals surface area contributed by atoms with E-state index in [9.17, 15) is 4.39 Å². The maximum absolute atomic E-state index is 13.0. The molecule has 0 radical (unpaired) electrons. The van der Waals surface area contributed by atoms with Crippen molar-refractivity contribution >= 4 is 11.6 Å². The van der Waals surface area contributed by atoms with Crippen molar-refractivity contribution in [2.45, 2.75) is 18.3 Å². The van der Waals surface area contributed by atoms with Crippen molar-refractivity contribution in [2.24, 2.45) is 0 Å². The van der Waals surface area contributed by atoms with Gasteiger partial charge in [-0.25, -0.2) is 4.39 Å². The monoisotopic (exact) mass is 195 g/mol. The number of benzene rings is 1. The summed E-state index contributed by atoms with van der Waals surface area (Å²) in [5.74, 6) is -0.444. The molecule has 0 heterocycles. The molecule has 1 saturated carbocycles. The number of hydrogen-bond donors (Lipinski definition) is 0. The third kappa shape index (κ3) is 1.20. The minimum atomic E-state index is -0.501. The molecule has 2 rings (SSSR count). The molecule has 0 spiro atoms. The molecule has 0 aliphatic heterocycles. The standard InChI is InChI=1S/C10H7ClFN/c11-9-7(2-1-3-8(9)12)10(6-13)4-5-10/h1-3H,4-5H2. The summed E-state index contributed by atoms with van der Waals surface area (Å²) in [6.45, 7) is 0. The Morgan fingerprint density at radius 2 is 2.15 bits per heavy atom. The van der Waals surface area contributed by atoms with E-state index in [-0.39, 0.29) is 5.02 Å². The summed E-state index contributed by atoms with van der Waals surface area (Å²) in [7, 11) is 0. The Morgan fingerprint density at radius 3 is 2.69 bits per heavy atom. The quantitative estimate of drug-likeness (QED) is 0.676. The van der Waals surface area contributed by atoms with Crippen molar-refractivity contribution in [3.8, 4) is 6.07 Å². The molecular weight excluding hydrogens is 189 g/mol. The van der Waals surface area contributed by atoms with Gasteiger partial charge in [-0.15, -0.1) is 0 Å². The number of nitrogens with zero attached hydrogens (tertiary/aromatic N) is 1. The molecule has 0 bridgehead atoms. The molecule has 3 heteroatoms. The summed E-state index contributed by atoms with van der Waals surface area (Å²) in [4.78, 5) is 0. The van der Waals surface area contributed by atoms with Gasteiger partial charge in [-0.2, -0.15) is 5.26 Å². The van der Waals surface area contributed by atoms with Crippen LogP contribution in [0.3, 0.4) is 0 Å². The van der Waals surface area contributed by atoms with E-state index in [4.69, 9.17) is 16.9 Å². The lowest BCUT2D eigenvalue weighted by molar-refractivity contribution is 0.624. The number of hydrogen-bond acceptors (Lipinski definition) is 1. The van der Waals surface area contributed by atoms with E-state index in [0.29, 0.717) is 5.56 Å². The molecule has 1 aromatic rings. The lowest BCUT2D eigenvalue weighted by atomic mass is 9.98. The zero-order valence-corrected chi connectivity index (χ0v) is 7.61. The zero-order chi connectivity index (χ0) is 9.47. The van der Waals surface area contributed by atoms with Gasteiger partial charge in [-0.3, -0.25) is 0 Å². The molecule has 0 saturated heterocycles. The van der Waals surface area contributed by atoms with Crippen molar-refractivity contribution < 1.29 is 4.39 Å². The highest BCUT2D eigenvalue weighted by molar-refractivity contribution is 6.31. The fraction of sp³-hybridized carbons (Fsp3) is 0.300. The van der Waals surface area contributed by atoms with Gasteiger partial charge in [0.1, 0.15) is 5.82 Å². The van der Waals surface area contributed by atoms with Crippen LogP contribution < -0.4 is 0 Å². The van der Waals surface area contributed by atoms with Gasteiger partial charge in [-0.1, -0.05) is 23.7 Å². The van der Waals surface area contributed by atoms with Crippen LogP contribution in [-0.2, 0) is 5.41 Å². The van der Waals surface area contributed by atoms with Gasteiger partial charge in [0, 0.05) is 0 Å². The van der Waals surface area contributed by atoms with Crippen LogP contribution in [0.5, 0.6) is 0 Å². The van der Waals surface area contributed by atoms with Crippen LogP contribution >= 0.6 is 11.6 Å². The first-order valence-electron chi connectivity index (χ1n) is 4.05. The first-order valence-corrected chi connectivity index (χ1v) is 4.43. The molecule has 1 aromatic carbocycles. The second-order valence-electron chi connectivity index (χ2n) is 3.30. The average molecular weight is 196 g/mol. The Morgan fingerprint density at radius 1 is 1.46 bits per heavy atom. The Hall–Kier alpha value is -1.07. The highest BCUT2D eigenvalue weighted by Gasteiger charge is 2.46. The zero-order valence-electron chi connectivity index (χ0n) is 6.85. The largest absolute Gasteiger partial charge is 0.205 e. The van der Waals surface area contributed by atoms with Gasteiger partial charge in [0.15, 0.2) is 0 Å². The van der Waals surface area contributed by atoms with Gasteiger partial charge in [0.25, 0.3) is 0 Å². The minimum absolute atomic E-state index is 0.0987. The first kappa shape index (κ1) is 8.52. The summed E-state index contributed by atoms with van der Waals surface area (Å²) in [5.41, 5.74) is 0.135. The molecule has 1 fully saturated rings. The van der Waals surface area contributed by atoms with Gasteiger partial charge < -0.3 is 0 Å². The summed E-state index contributed by atoms with van der Waals surface area (Å²) in [6.07, 6.45) is 1.57. The van der Waals surface area contributed by atoms with Crippen molar-refractivity contribution in [3.63, 3.8) is 0 Å². The number of halogens is 2. The van der Waals surface area contributed by atoms with Gasteiger partial charge in [0.05, 0.1) is 16.5 Å². The summed E-state index contributed by atoms with van der Waals surface area (Å²) >= 11 is 5.77. The van der Waals surface area contributed by atoms with E-state index < -0.39 is 11.2 Å². The second-order valence-corrected chi connectivity index (χ2v) is 3.67.